The first-order valence-corrected chi connectivity index (χ1v) is 9.35. The van der Waals surface area contributed by atoms with E-state index >= 15 is 0 Å². The number of amides is 2. The standard InChI is InChI=1S/C19H23N5O5/c1-29-16-4-3-14(13-20-16)18(27)23-8-2-7-22(11-12-23)17(26)6-10-24-9-5-15(25)21-19(24)28/h3-5,9,13H,2,6-8,10-12H2,1H3,(H,21,25,28). The maximum absolute atomic E-state index is 12.7. The molecule has 0 saturated carbocycles. The van der Waals surface area contributed by atoms with Crippen molar-refractivity contribution < 1.29 is 14.3 Å². The maximum atomic E-state index is 12.7. The molecule has 0 atom stereocenters. The molecule has 1 fully saturated rings. The van der Waals surface area contributed by atoms with E-state index in [-0.39, 0.29) is 24.8 Å². The second-order valence-corrected chi connectivity index (χ2v) is 6.67. The van der Waals surface area contributed by atoms with Gasteiger partial charge < -0.3 is 19.1 Å². The molecular formula is C19H23N5O5. The SMILES string of the molecule is COc1ccc(C(=O)N2CCCN(C(=O)CCn3ccc(=O)[nH]c3=O)CC2)cn1. The molecule has 10 heteroatoms. The summed E-state index contributed by atoms with van der Waals surface area (Å²) in [4.78, 5) is 57.7. The first-order chi connectivity index (χ1) is 14.0. The number of rotatable bonds is 5. The van der Waals surface area contributed by atoms with Gasteiger partial charge in [-0.3, -0.25) is 19.4 Å². The predicted molar refractivity (Wildman–Crippen MR) is 104 cm³/mol. The number of pyridine rings is 1. The van der Waals surface area contributed by atoms with Gasteiger partial charge in [0, 0.05) is 63.7 Å². The zero-order chi connectivity index (χ0) is 20.8. The van der Waals surface area contributed by atoms with Crippen LogP contribution in [0.25, 0.3) is 0 Å². The van der Waals surface area contributed by atoms with Crippen molar-refractivity contribution >= 4 is 11.8 Å². The van der Waals surface area contributed by atoms with Gasteiger partial charge in [-0.05, 0) is 12.5 Å². The number of H-pyrrole nitrogens is 1. The van der Waals surface area contributed by atoms with Gasteiger partial charge in [0.2, 0.25) is 11.8 Å². The lowest BCUT2D eigenvalue weighted by atomic mass is 10.2. The molecule has 3 heterocycles. The van der Waals surface area contributed by atoms with Gasteiger partial charge in [0.05, 0.1) is 12.7 Å². The summed E-state index contributed by atoms with van der Waals surface area (Å²) >= 11 is 0. The Kier molecular flexibility index (Phi) is 6.43. The fourth-order valence-electron chi connectivity index (χ4n) is 3.17. The number of nitrogens with zero attached hydrogens (tertiary/aromatic N) is 4. The van der Waals surface area contributed by atoms with Crippen molar-refractivity contribution in [3.63, 3.8) is 0 Å². The number of carbonyl (C=O) groups is 2. The Bertz CT molecular complexity index is 981. The first kappa shape index (κ1) is 20.3. The fourth-order valence-corrected chi connectivity index (χ4v) is 3.17. The van der Waals surface area contributed by atoms with Crippen molar-refractivity contribution in [1.82, 2.24) is 24.3 Å². The van der Waals surface area contributed by atoms with Crippen LogP contribution in [-0.2, 0) is 11.3 Å². The van der Waals surface area contributed by atoms with Crippen LogP contribution in [0.3, 0.4) is 0 Å². The second-order valence-electron chi connectivity index (χ2n) is 6.67. The van der Waals surface area contributed by atoms with Gasteiger partial charge in [-0.1, -0.05) is 0 Å². The van der Waals surface area contributed by atoms with E-state index in [0.717, 1.165) is 0 Å². The molecule has 0 bridgehead atoms. The highest BCUT2D eigenvalue weighted by molar-refractivity contribution is 5.94. The van der Waals surface area contributed by atoms with Crippen molar-refractivity contribution in [2.75, 3.05) is 33.3 Å². The molecule has 1 N–H and O–H groups in total. The van der Waals surface area contributed by atoms with E-state index in [1.165, 1.54) is 30.1 Å². The minimum atomic E-state index is -0.536. The molecule has 29 heavy (non-hydrogen) atoms. The largest absolute Gasteiger partial charge is 0.481 e. The summed E-state index contributed by atoms with van der Waals surface area (Å²) in [6.45, 7) is 2.13. The van der Waals surface area contributed by atoms with Crippen molar-refractivity contribution in [3.8, 4) is 5.88 Å². The normalized spacial score (nSPS) is 14.4. The molecule has 154 valence electrons. The molecule has 3 rings (SSSR count). The summed E-state index contributed by atoms with van der Waals surface area (Å²) in [7, 11) is 1.51. The predicted octanol–water partition coefficient (Wildman–Crippen LogP) is -0.295. The summed E-state index contributed by atoms with van der Waals surface area (Å²) in [5, 5.41) is 0. The number of ether oxygens (including phenoxy) is 1. The van der Waals surface area contributed by atoms with Crippen LogP contribution in [0.15, 0.2) is 40.2 Å². The smallest absolute Gasteiger partial charge is 0.328 e. The lowest BCUT2D eigenvalue weighted by Gasteiger charge is -2.22. The Morgan fingerprint density at radius 2 is 1.86 bits per heavy atom. The lowest BCUT2D eigenvalue weighted by molar-refractivity contribution is -0.131. The first-order valence-electron chi connectivity index (χ1n) is 9.35. The molecule has 1 aliphatic heterocycles. The number of hydrogen-bond donors (Lipinski definition) is 1. The number of hydrogen-bond acceptors (Lipinski definition) is 6. The van der Waals surface area contributed by atoms with E-state index in [1.807, 2.05) is 0 Å². The Balaban J connectivity index is 1.55. The Morgan fingerprint density at radius 3 is 2.55 bits per heavy atom. The fraction of sp³-hybridized carbons (Fsp3) is 0.421. The molecule has 2 aromatic rings. The van der Waals surface area contributed by atoms with Crippen LogP contribution in [0.4, 0.5) is 0 Å². The molecule has 0 aromatic carbocycles. The summed E-state index contributed by atoms with van der Waals surface area (Å²) in [6.07, 6.45) is 3.67. The Labute approximate surface area is 166 Å². The monoisotopic (exact) mass is 401 g/mol. The van der Waals surface area contributed by atoms with Gasteiger partial charge in [-0.25, -0.2) is 9.78 Å². The van der Waals surface area contributed by atoms with Crippen LogP contribution in [-0.4, -0.2) is 69.4 Å². The van der Waals surface area contributed by atoms with Crippen LogP contribution in [0.1, 0.15) is 23.2 Å². The minimum Gasteiger partial charge on any atom is -0.481 e. The molecule has 10 nitrogen and oxygen atoms in total. The third-order valence-electron chi connectivity index (χ3n) is 4.79. The zero-order valence-electron chi connectivity index (χ0n) is 16.2. The van der Waals surface area contributed by atoms with Crippen molar-refractivity contribution in [1.29, 1.82) is 0 Å². The van der Waals surface area contributed by atoms with E-state index in [0.29, 0.717) is 44.0 Å². The van der Waals surface area contributed by atoms with Crippen molar-refractivity contribution in [2.45, 2.75) is 19.4 Å². The van der Waals surface area contributed by atoms with E-state index in [2.05, 4.69) is 9.97 Å². The number of nitrogens with one attached hydrogen (secondary N) is 1. The minimum absolute atomic E-state index is 0.0940. The van der Waals surface area contributed by atoms with E-state index in [4.69, 9.17) is 4.74 Å². The zero-order valence-corrected chi connectivity index (χ0v) is 16.2. The van der Waals surface area contributed by atoms with Gasteiger partial charge in [0.15, 0.2) is 0 Å². The van der Waals surface area contributed by atoms with Crippen LogP contribution >= 0.6 is 0 Å². The highest BCUT2D eigenvalue weighted by atomic mass is 16.5. The summed E-state index contributed by atoms with van der Waals surface area (Å²) in [6, 6.07) is 4.55. The Morgan fingerprint density at radius 1 is 1.10 bits per heavy atom. The van der Waals surface area contributed by atoms with Gasteiger partial charge in [0.25, 0.3) is 11.5 Å². The molecule has 1 saturated heterocycles. The topological polar surface area (TPSA) is 118 Å². The molecule has 0 radical (unpaired) electrons. The van der Waals surface area contributed by atoms with Crippen LogP contribution < -0.4 is 16.0 Å². The number of aromatic amines is 1. The molecule has 0 aliphatic carbocycles. The average molecular weight is 401 g/mol. The summed E-state index contributed by atoms with van der Waals surface area (Å²) < 4.78 is 6.30. The van der Waals surface area contributed by atoms with Crippen molar-refractivity contribution in [3.05, 3.63) is 57.0 Å². The van der Waals surface area contributed by atoms with E-state index < -0.39 is 11.2 Å². The van der Waals surface area contributed by atoms with E-state index in [9.17, 15) is 19.2 Å². The lowest BCUT2D eigenvalue weighted by Crippen LogP contribution is -2.38. The highest BCUT2D eigenvalue weighted by Gasteiger charge is 2.23. The van der Waals surface area contributed by atoms with Crippen LogP contribution in [0.5, 0.6) is 5.88 Å². The maximum Gasteiger partial charge on any atom is 0.328 e. The van der Waals surface area contributed by atoms with Crippen molar-refractivity contribution in [2.24, 2.45) is 0 Å². The molecule has 2 amide bonds. The van der Waals surface area contributed by atoms with Gasteiger partial charge in [-0.15, -0.1) is 0 Å². The average Bonchev–Trinajstić information content (AvgIpc) is 2.99. The number of aryl methyl sites for hydroxylation is 1. The van der Waals surface area contributed by atoms with Gasteiger partial charge >= 0.3 is 5.69 Å². The molecular weight excluding hydrogens is 378 g/mol. The molecule has 0 spiro atoms. The van der Waals surface area contributed by atoms with Crippen LogP contribution in [0, 0.1) is 0 Å². The Hall–Kier alpha value is -3.43. The van der Waals surface area contributed by atoms with Gasteiger partial charge in [0.1, 0.15) is 0 Å². The molecule has 0 unspecified atom stereocenters. The molecule has 1 aliphatic rings. The quantitative estimate of drug-likeness (QED) is 0.735. The number of methoxy groups -OCH3 is 1. The van der Waals surface area contributed by atoms with Crippen LogP contribution in [0.2, 0.25) is 0 Å². The number of aromatic nitrogens is 3. The van der Waals surface area contributed by atoms with E-state index in [1.54, 1.807) is 21.9 Å². The summed E-state index contributed by atoms with van der Waals surface area (Å²) in [5.41, 5.74) is -0.532. The third-order valence-corrected chi connectivity index (χ3v) is 4.79. The third kappa shape index (κ3) is 5.09. The van der Waals surface area contributed by atoms with Gasteiger partial charge in [-0.2, -0.15) is 0 Å². The second kappa shape index (κ2) is 9.18. The summed E-state index contributed by atoms with van der Waals surface area (Å²) in [5.74, 6) is 0.216. The highest BCUT2D eigenvalue weighted by Crippen LogP contribution is 2.12. The molecule has 2 aromatic heterocycles. The number of carbonyl (C=O) groups excluding carboxylic acids is 2.